The first-order valence-electron chi connectivity index (χ1n) is 6.12. The Hall–Kier alpha value is 0.1000. The predicted molar refractivity (Wildman–Crippen MR) is 67.1 cm³/mol. The van der Waals surface area contributed by atoms with Crippen LogP contribution >= 0.6 is 11.8 Å². The molecule has 17 heavy (non-hydrogen) atoms. The second-order valence-electron chi connectivity index (χ2n) is 5.83. The van der Waals surface area contributed by atoms with E-state index in [1.165, 1.54) is 12.8 Å². The van der Waals surface area contributed by atoms with Crippen LogP contribution in [-0.4, -0.2) is 23.8 Å². The van der Waals surface area contributed by atoms with Crippen molar-refractivity contribution in [3.63, 3.8) is 0 Å². The zero-order valence-electron chi connectivity index (χ0n) is 10.7. The van der Waals surface area contributed by atoms with Crippen molar-refractivity contribution in [3.05, 3.63) is 0 Å². The van der Waals surface area contributed by atoms with Gasteiger partial charge in [0.2, 0.25) is 0 Å². The number of halogens is 3. The molecule has 1 rings (SSSR count). The van der Waals surface area contributed by atoms with E-state index >= 15 is 0 Å². The molecule has 102 valence electrons. The number of hydrogen-bond donors (Lipinski definition) is 1. The van der Waals surface area contributed by atoms with E-state index in [4.69, 9.17) is 0 Å². The molecule has 0 aliphatic heterocycles. The summed E-state index contributed by atoms with van der Waals surface area (Å²) in [5.41, 5.74) is -4.03. The molecule has 0 amide bonds. The Labute approximate surface area is 106 Å². The summed E-state index contributed by atoms with van der Waals surface area (Å²) in [6.07, 6.45) is 3.05. The molecule has 1 saturated carbocycles. The fourth-order valence-electron chi connectivity index (χ4n) is 1.75. The van der Waals surface area contributed by atoms with E-state index < -0.39 is 5.51 Å². The molecule has 1 nitrogen and oxygen atoms in total. The third-order valence-electron chi connectivity index (χ3n) is 3.19. The molecule has 0 bridgehead atoms. The van der Waals surface area contributed by atoms with Gasteiger partial charge >= 0.3 is 5.51 Å². The van der Waals surface area contributed by atoms with Gasteiger partial charge in [-0.2, -0.15) is 13.2 Å². The molecule has 1 unspecified atom stereocenters. The van der Waals surface area contributed by atoms with Gasteiger partial charge < -0.3 is 5.32 Å². The fourth-order valence-corrected chi connectivity index (χ4v) is 2.39. The van der Waals surface area contributed by atoms with Crippen molar-refractivity contribution in [2.24, 2.45) is 11.3 Å². The molecular formula is C12H22F3NS. The number of alkyl halides is 3. The molecule has 1 N–H and O–H groups in total. The Morgan fingerprint density at radius 2 is 1.82 bits per heavy atom. The van der Waals surface area contributed by atoms with Gasteiger partial charge in [-0.05, 0) is 37.1 Å². The van der Waals surface area contributed by atoms with E-state index in [-0.39, 0.29) is 22.9 Å². The summed E-state index contributed by atoms with van der Waals surface area (Å²) in [5.74, 6) is 0.468. The highest BCUT2D eigenvalue weighted by atomic mass is 32.2. The van der Waals surface area contributed by atoms with Crippen LogP contribution in [0.2, 0.25) is 0 Å². The van der Waals surface area contributed by atoms with Gasteiger partial charge in [0.15, 0.2) is 0 Å². The van der Waals surface area contributed by atoms with Crippen LogP contribution in [0.15, 0.2) is 0 Å². The molecule has 0 aromatic rings. The first kappa shape index (κ1) is 15.2. The van der Waals surface area contributed by atoms with Crippen LogP contribution in [0, 0.1) is 11.3 Å². The summed E-state index contributed by atoms with van der Waals surface area (Å²) in [7, 11) is 0. The lowest BCUT2D eigenvalue weighted by Crippen LogP contribution is -2.33. The smallest absolute Gasteiger partial charge is 0.314 e. The van der Waals surface area contributed by atoms with Crippen LogP contribution in [0.5, 0.6) is 0 Å². The first-order chi connectivity index (χ1) is 7.68. The Balaban J connectivity index is 2.29. The molecule has 0 heterocycles. The molecule has 1 aliphatic carbocycles. The second-order valence-corrected chi connectivity index (χ2v) is 6.99. The normalized spacial score (nSPS) is 19.4. The average molecular weight is 269 g/mol. The fraction of sp³-hybridized carbons (Fsp3) is 1.00. The Morgan fingerprint density at radius 3 is 2.24 bits per heavy atom. The first-order valence-corrected chi connectivity index (χ1v) is 7.11. The lowest BCUT2D eigenvalue weighted by Gasteiger charge is -2.31. The minimum atomic E-state index is -4.09. The van der Waals surface area contributed by atoms with Crippen LogP contribution in [0.25, 0.3) is 0 Å². The van der Waals surface area contributed by atoms with Gasteiger partial charge in [-0.3, -0.25) is 0 Å². The van der Waals surface area contributed by atoms with Crippen molar-refractivity contribution in [1.29, 1.82) is 0 Å². The predicted octanol–water partition coefficient (Wildman–Crippen LogP) is 4.04. The van der Waals surface area contributed by atoms with E-state index in [9.17, 15) is 13.2 Å². The number of nitrogens with one attached hydrogen (secondary N) is 1. The SMILES string of the molecule is CC(C)(C)C(CCSC(F)(F)F)CNC1CC1. The third-order valence-corrected chi connectivity index (χ3v) is 3.95. The van der Waals surface area contributed by atoms with Crippen LogP contribution in [-0.2, 0) is 0 Å². The summed E-state index contributed by atoms with van der Waals surface area (Å²) < 4.78 is 36.2. The van der Waals surface area contributed by atoms with Crippen LogP contribution in [0.3, 0.4) is 0 Å². The standard InChI is InChI=1S/C12H22F3NS/c1-11(2,3)9(8-16-10-4-5-10)6-7-17-12(13,14)15/h9-10,16H,4-8H2,1-3H3. The maximum Gasteiger partial charge on any atom is 0.441 e. The summed E-state index contributed by atoms with van der Waals surface area (Å²) in [5, 5.41) is 3.42. The Bertz CT molecular complexity index is 231. The number of hydrogen-bond acceptors (Lipinski definition) is 2. The molecular weight excluding hydrogens is 247 g/mol. The largest absolute Gasteiger partial charge is 0.441 e. The van der Waals surface area contributed by atoms with Crippen molar-refractivity contribution in [2.45, 2.75) is 51.6 Å². The molecule has 5 heteroatoms. The Morgan fingerprint density at radius 1 is 1.24 bits per heavy atom. The highest BCUT2D eigenvalue weighted by Crippen LogP contribution is 2.35. The zero-order valence-corrected chi connectivity index (χ0v) is 11.5. The van der Waals surface area contributed by atoms with E-state index in [0.717, 1.165) is 6.54 Å². The van der Waals surface area contributed by atoms with Gasteiger partial charge in [-0.25, -0.2) is 0 Å². The van der Waals surface area contributed by atoms with E-state index in [1.807, 2.05) is 0 Å². The van der Waals surface area contributed by atoms with E-state index in [2.05, 4.69) is 26.1 Å². The van der Waals surface area contributed by atoms with Gasteiger partial charge in [0.05, 0.1) is 0 Å². The minimum Gasteiger partial charge on any atom is -0.314 e. The average Bonchev–Trinajstić information content (AvgIpc) is 2.90. The topological polar surface area (TPSA) is 12.0 Å². The van der Waals surface area contributed by atoms with Gasteiger partial charge in [-0.15, -0.1) is 0 Å². The maximum atomic E-state index is 12.1. The van der Waals surface area contributed by atoms with E-state index in [0.29, 0.717) is 18.4 Å². The maximum absolute atomic E-state index is 12.1. The lowest BCUT2D eigenvalue weighted by molar-refractivity contribution is -0.0329. The summed E-state index contributed by atoms with van der Waals surface area (Å²) >= 11 is 0.100. The monoisotopic (exact) mass is 269 g/mol. The van der Waals surface area contributed by atoms with Crippen LogP contribution < -0.4 is 5.32 Å². The molecule has 0 spiro atoms. The molecule has 0 radical (unpaired) electrons. The molecule has 1 fully saturated rings. The van der Waals surface area contributed by atoms with Crippen molar-refractivity contribution < 1.29 is 13.2 Å². The van der Waals surface area contributed by atoms with Crippen molar-refractivity contribution in [3.8, 4) is 0 Å². The van der Waals surface area contributed by atoms with Gasteiger partial charge in [0.25, 0.3) is 0 Å². The Kier molecular flexibility index (Phi) is 5.20. The highest BCUT2D eigenvalue weighted by molar-refractivity contribution is 8.00. The van der Waals surface area contributed by atoms with Crippen molar-refractivity contribution >= 4 is 11.8 Å². The minimum absolute atomic E-state index is 0.0635. The number of rotatable bonds is 6. The molecule has 0 saturated heterocycles. The molecule has 0 aromatic carbocycles. The van der Waals surface area contributed by atoms with Gasteiger partial charge in [0, 0.05) is 11.8 Å². The summed E-state index contributed by atoms with van der Waals surface area (Å²) in [6, 6.07) is 0.620. The number of thioether (sulfide) groups is 1. The summed E-state index contributed by atoms with van der Waals surface area (Å²) in [4.78, 5) is 0. The highest BCUT2D eigenvalue weighted by Gasteiger charge is 2.31. The van der Waals surface area contributed by atoms with Crippen molar-refractivity contribution in [2.75, 3.05) is 12.3 Å². The molecule has 1 atom stereocenters. The second kappa shape index (κ2) is 5.83. The van der Waals surface area contributed by atoms with E-state index in [1.54, 1.807) is 0 Å². The molecule has 1 aliphatic rings. The van der Waals surface area contributed by atoms with Crippen LogP contribution in [0.4, 0.5) is 13.2 Å². The molecule has 0 aromatic heterocycles. The van der Waals surface area contributed by atoms with Gasteiger partial charge in [-0.1, -0.05) is 32.5 Å². The van der Waals surface area contributed by atoms with Gasteiger partial charge in [0.1, 0.15) is 0 Å². The quantitative estimate of drug-likeness (QED) is 0.781. The summed E-state index contributed by atoms with van der Waals surface area (Å²) in [6.45, 7) is 7.14. The van der Waals surface area contributed by atoms with Crippen molar-refractivity contribution in [1.82, 2.24) is 5.32 Å². The lowest BCUT2D eigenvalue weighted by atomic mass is 9.79. The van der Waals surface area contributed by atoms with Crippen LogP contribution in [0.1, 0.15) is 40.0 Å². The zero-order chi connectivity index (χ0) is 13.1. The third kappa shape index (κ3) is 7.19.